The highest BCUT2D eigenvalue weighted by Crippen LogP contribution is 2.47. The van der Waals surface area contributed by atoms with Gasteiger partial charge in [-0.2, -0.15) is 0 Å². The first-order chi connectivity index (χ1) is 9.04. The SMILES string of the molecule is CC1(CCC(=O)O)OCC2(C3OCCO3)CCC1O2. The Morgan fingerprint density at radius 2 is 2.11 bits per heavy atom. The van der Waals surface area contributed by atoms with E-state index in [-0.39, 0.29) is 18.8 Å². The Morgan fingerprint density at radius 3 is 2.79 bits per heavy atom. The summed E-state index contributed by atoms with van der Waals surface area (Å²) >= 11 is 0. The highest BCUT2D eigenvalue weighted by Gasteiger charge is 2.58. The second-order valence-corrected chi connectivity index (χ2v) is 5.78. The summed E-state index contributed by atoms with van der Waals surface area (Å²) < 4.78 is 23.2. The Kier molecular flexibility index (Phi) is 3.29. The van der Waals surface area contributed by atoms with E-state index in [4.69, 9.17) is 24.1 Å². The predicted octanol–water partition coefficient (Wildman–Crippen LogP) is 0.931. The van der Waals surface area contributed by atoms with Crippen LogP contribution in [0.4, 0.5) is 0 Å². The van der Waals surface area contributed by atoms with Crippen LogP contribution in [0.3, 0.4) is 0 Å². The van der Waals surface area contributed by atoms with E-state index in [0.29, 0.717) is 26.2 Å². The molecule has 2 bridgehead atoms. The summed E-state index contributed by atoms with van der Waals surface area (Å²) in [5, 5.41) is 8.81. The molecule has 0 aromatic rings. The maximum Gasteiger partial charge on any atom is 0.303 e. The smallest absolute Gasteiger partial charge is 0.303 e. The summed E-state index contributed by atoms with van der Waals surface area (Å²) in [5.41, 5.74) is -1.01. The molecule has 0 amide bonds. The number of aliphatic carboxylic acids is 1. The lowest BCUT2D eigenvalue weighted by Crippen LogP contribution is -2.57. The third-order valence-electron chi connectivity index (χ3n) is 4.42. The Labute approximate surface area is 112 Å². The maximum atomic E-state index is 10.7. The van der Waals surface area contributed by atoms with Crippen molar-refractivity contribution in [1.82, 2.24) is 0 Å². The van der Waals surface area contributed by atoms with Crippen molar-refractivity contribution in [2.24, 2.45) is 0 Å². The van der Waals surface area contributed by atoms with Crippen molar-refractivity contribution >= 4 is 5.97 Å². The Hall–Kier alpha value is -0.690. The third-order valence-corrected chi connectivity index (χ3v) is 4.42. The van der Waals surface area contributed by atoms with E-state index in [1.807, 2.05) is 6.92 Å². The highest BCUT2D eigenvalue weighted by atomic mass is 16.7. The molecule has 6 nitrogen and oxygen atoms in total. The van der Waals surface area contributed by atoms with Crippen LogP contribution in [-0.4, -0.2) is 54.5 Å². The molecule has 0 spiro atoms. The molecule has 3 fully saturated rings. The van der Waals surface area contributed by atoms with Crippen LogP contribution in [-0.2, 0) is 23.7 Å². The molecule has 3 atom stereocenters. The number of carboxylic acids is 1. The molecule has 0 saturated carbocycles. The van der Waals surface area contributed by atoms with Crippen LogP contribution in [0.25, 0.3) is 0 Å². The Bertz CT molecular complexity index is 366. The molecule has 1 N–H and O–H groups in total. The Morgan fingerprint density at radius 1 is 1.37 bits per heavy atom. The van der Waals surface area contributed by atoms with Gasteiger partial charge in [-0.25, -0.2) is 0 Å². The second kappa shape index (κ2) is 4.70. The molecule has 108 valence electrons. The molecule has 0 aromatic carbocycles. The lowest BCUT2D eigenvalue weighted by Gasteiger charge is -2.45. The Balaban J connectivity index is 1.68. The van der Waals surface area contributed by atoms with Crippen LogP contribution >= 0.6 is 0 Å². The van der Waals surface area contributed by atoms with Gasteiger partial charge in [0, 0.05) is 6.42 Å². The number of hydrogen-bond acceptors (Lipinski definition) is 5. The predicted molar refractivity (Wildman–Crippen MR) is 63.8 cm³/mol. The summed E-state index contributed by atoms with van der Waals surface area (Å²) in [6.45, 7) is 3.53. The fourth-order valence-electron chi connectivity index (χ4n) is 3.18. The third kappa shape index (κ3) is 2.27. The van der Waals surface area contributed by atoms with Crippen LogP contribution in [0.5, 0.6) is 0 Å². The van der Waals surface area contributed by atoms with Gasteiger partial charge in [-0.15, -0.1) is 0 Å². The van der Waals surface area contributed by atoms with Crippen molar-refractivity contribution in [2.45, 2.75) is 56.2 Å². The van der Waals surface area contributed by atoms with Crippen molar-refractivity contribution in [3.63, 3.8) is 0 Å². The van der Waals surface area contributed by atoms with Crippen molar-refractivity contribution < 1.29 is 28.8 Å². The molecule has 3 rings (SSSR count). The molecule has 3 aliphatic heterocycles. The van der Waals surface area contributed by atoms with E-state index in [1.165, 1.54) is 0 Å². The quantitative estimate of drug-likeness (QED) is 0.820. The van der Waals surface area contributed by atoms with Crippen LogP contribution in [0.1, 0.15) is 32.6 Å². The minimum absolute atomic E-state index is 0.0756. The minimum atomic E-state index is -0.804. The van der Waals surface area contributed by atoms with E-state index in [1.54, 1.807) is 0 Å². The van der Waals surface area contributed by atoms with E-state index < -0.39 is 17.2 Å². The van der Waals surface area contributed by atoms with Crippen LogP contribution in [0.15, 0.2) is 0 Å². The zero-order valence-electron chi connectivity index (χ0n) is 11.1. The van der Waals surface area contributed by atoms with Gasteiger partial charge in [-0.3, -0.25) is 4.79 Å². The lowest BCUT2D eigenvalue weighted by atomic mass is 9.91. The van der Waals surface area contributed by atoms with Crippen LogP contribution < -0.4 is 0 Å². The van der Waals surface area contributed by atoms with Crippen molar-refractivity contribution in [2.75, 3.05) is 19.8 Å². The zero-order chi connectivity index (χ0) is 13.5. The van der Waals surface area contributed by atoms with Gasteiger partial charge in [-0.1, -0.05) is 0 Å². The molecule has 0 aromatic heterocycles. The number of fused-ring (bicyclic) bond motifs is 2. The fourth-order valence-corrected chi connectivity index (χ4v) is 3.18. The average molecular weight is 272 g/mol. The van der Waals surface area contributed by atoms with E-state index in [2.05, 4.69) is 0 Å². The molecule has 3 aliphatic rings. The maximum absolute atomic E-state index is 10.7. The molecule has 3 saturated heterocycles. The van der Waals surface area contributed by atoms with Gasteiger partial charge in [0.25, 0.3) is 0 Å². The molecular weight excluding hydrogens is 252 g/mol. The van der Waals surface area contributed by atoms with Crippen molar-refractivity contribution in [3.05, 3.63) is 0 Å². The second-order valence-electron chi connectivity index (χ2n) is 5.78. The fraction of sp³-hybridized carbons (Fsp3) is 0.923. The van der Waals surface area contributed by atoms with Gasteiger partial charge < -0.3 is 24.1 Å². The van der Waals surface area contributed by atoms with Gasteiger partial charge in [-0.05, 0) is 26.2 Å². The van der Waals surface area contributed by atoms with E-state index in [0.717, 1.165) is 12.8 Å². The summed E-state index contributed by atoms with van der Waals surface area (Å²) in [4.78, 5) is 10.7. The molecule has 0 radical (unpaired) electrons. The number of ether oxygens (including phenoxy) is 4. The highest BCUT2D eigenvalue weighted by molar-refractivity contribution is 5.66. The number of hydrogen-bond donors (Lipinski definition) is 1. The topological polar surface area (TPSA) is 74.2 Å². The van der Waals surface area contributed by atoms with Crippen molar-refractivity contribution in [3.8, 4) is 0 Å². The first-order valence-electron chi connectivity index (χ1n) is 6.81. The molecule has 19 heavy (non-hydrogen) atoms. The largest absolute Gasteiger partial charge is 0.481 e. The average Bonchev–Trinajstić information content (AvgIpc) is 3.02. The molecule has 3 unspecified atom stereocenters. The zero-order valence-corrected chi connectivity index (χ0v) is 11.1. The summed E-state index contributed by atoms with van der Waals surface area (Å²) in [6, 6.07) is 0. The van der Waals surface area contributed by atoms with Crippen LogP contribution in [0, 0.1) is 0 Å². The minimum Gasteiger partial charge on any atom is -0.481 e. The molecule has 0 aliphatic carbocycles. The summed E-state index contributed by atoms with van der Waals surface area (Å²) in [7, 11) is 0. The molecule has 6 heteroatoms. The molecular formula is C13H20O6. The van der Waals surface area contributed by atoms with Crippen molar-refractivity contribution in [1.29, 1.82) is 0 Å². The van der Waals surface area contributed by atoms with Gasteiger partial charge in [0.2, 0.25) is 0 Å². The number of rotatable bonds is 4. The lowest BCUT2D eigenvalue weighted by molar-refractivity contribution is -0.294. The first kappa shape index (κ1) is 13.3. The normalized spacial score (nSPS) is 42.7. The van der Waals surface area contributed by atoms with Gasteiger partial charge in [0.1, 0.15) is 5.60 Å². The van der Waals surface area contributed by atoms with E-state index >= 15 is 0 Å². The van der Waals surface area contributed by atoms with Gasteiger partial charge in [0.05, 0.1) is 31.5 Å². The summed E-state index contributed by atoms with van der Waals surface area (Å²) in [6.07, 6.45) is 1.84. The number of carboxylic acid groups (broad SMARTS) is 1. The summed E-state index contributed by atoms with van der Waals surface area (Å²) in [5.74, 6) is -0.804. The monoisotopic (exact) mass is 272 g/mol. The molecule has 3 heterocycles. The standard InChI is InChI=1S/C13H20O6/c1-12(4-3-10(14)15)9-2-5-13(19-9,8-18-12)11-16-6-7-17-11/h9,11H,2-8H2,1H3,(H,14,15). The number of carbonyl (C=O) groups is 1. The van der Waals surface area contributed by atoms with E-state index in [9.17, 15) is 4.79 Å². The first-order valence-corrected chi connectivity index (χ1v) is 6.81. The van der Waals surface area contributed by atoms with Gasteiger partial charge >= 0.3 is 5.97 Å². The van der Waals surface area contributed by atoms with Crippen LogP contribution in [0.2, 0.25) is 0 Å². The van der Waals surface area contributed by atoms with Gasteiger partial charge in [0.15, 0.2) is 6.29 Å².